The number of hydrogen-bond donors (Lipinski definition) is 2. The van der Waals surface area contributed by atoms with Gasteiger partial charge in [-0.15, -0.1) is 0 Å². The minimum absolute atomic E-state index is 0.792. The van der Waals surface area contributed by atoms with Crippen LogP contribution in [0.2, 0.25) is 0 Å². The van der Waals surface area contributed by atoms with Crippen molar-refractivity contribution in [2.45, 2.75) is 6.42 Å². The number of carbonyl (C=O) groups is 2. The summed E-state index contributed by atoms with van der Waals surface area (Å²) in [5.41, 5.74) is 0. The largest absolute Gasteiger partial charge is 0.493 e. The van der Waals surface area contributed by atoms with Crippen LogP contribution in [0.3, 0.4) is 0 Å². The summed E-state index contributed by atoms with van der Waals surface area (Å²) in [4.78, 5) is 23.1. The lowest BCUT2D eigenvalue weighted by molar-refractivity contribution is -0.159. The second-order valence-corrected chi connectivity index (χ2v) is 6.43. The summed E-state index contributed by atoms with van der Waals surface area (Å²) >= 11 is 0. The molecule has 0 radical (unpaired) electrons. The minimum atomic E-state index is -1.82. The third kappa shape index (κ3) is 6.88. The molecule has 1 fully saturated rings. The molecule has 0 aromatic heterocycles. The van der Waals surface area contributed by atoms with E-state index in [0.29, 0.717) is 0 Å². The van der Waals surface area contributed by atoms with Gasteiger partial charge in [0, 0.05) is 38.1 Å². The van der Waals surface area contributed by atoms with Crippen molar-refractivity contribution in [2.75, 3.05) is 46.4 Å². The van der Waals surface area contributed by atoms with Crippen LogP contribution in [0, 0.1) is 0 Å². The van der Waals surface area contributed by atoms with Gasteiger partial charge in [-0.05, 0) is 24.9 Å². The van der Waals surface area contributed by atoms with Crippen molar-refractivity contribution in [1.29, 1.82) is 0 Å². The van der Waals surface area contributed by atoms with Crippen LogP contribution in [0.25, 0.3) is 10.8 Å². The summed E-state index contributed by atoms with van der Waals surface area (Å²) in [5.74, 6) is -2.64. The van der Waals surface area contributed by atoms with E-state index in [1.165, 1.54) is 37.0 Å². The van der Waals surface area contributed by atoms with Crippen molar-refractivity contribution in [2.24, 2.45) is 0 Å². The quantitative estimate of drug-likeness (QED) is 0.611. The molecule has 0 spiro atoms. The van der Waals surface area contributed by atoms with Gasteiger partial charge < -0.3 is 24.7 Å². The van der Waals surface area contributed by atoms with Crippen molar-refractivity contribution in [1.82, 2.24) is 9.80 Å². The molecule has 0 bridgehead atoms. The fraction of sp³-hybridized carbons (Fsp3) is 0.400. The Labute approximate surface area is 158 Å². The molecule has 1 heterocycles. The normalized spacial score (nSPS) is 15.0. The van der Waals surface area contributed by atoms with Gasteiger partial charge in [-0.25, -0.2) is 9.59 Å². The van der Waals surface area contributed by atoms with Crippen LogP contribution in [0.15, 0.2) is 42.5 Å². The lowest BCUT2D eigenvalue weighted by Crippen LogP contribution is -2.44. The van der Waals surface area contributed by atoms with Crippen LogP contribution in [-0.2, 0) is 9.59 Å². The highest BCUT2D eigenvalue weighted by atomic mass is 16.5. The van der Waals surface area contributed by atoms with Gasteiger partial charge in [0.2, 0.25) is 0 Å². The number of aliphatic carboxylic acids is 2. The van der Waals surface area contributed by atoms with Crippen molar-refractivity contribution < 1.29 is 24.5 Å². The zero-order valence-corrected chi connectivity index (χ0v) is 15.5. The fourth-order valence-electron chi connectivity index (χ4n) is 2.86. The molecule has 0 unspecified atom stereocenters. The Bertz CT molecular complexity index is 740. The monoisotopic (exact) mass is 374 g/mol. The van der Waals surface area contributed by atoms with Gasteiger partial charge in [0.05, 0.1) is 6.61 Å². The van der Waals surface area contributed by atoms with Crippen LogP contribution < -0.4 is 4.74 Å². The molecule has 3 rings (SSSR count). The predicted octanol–water partition coefficient (Wildman–Crippen LogP) is 2.01. The van der Waals surface area contributed by atoms with Crippen LogP contribution >= 0.6 is 0 Å². The van der Waals surface area contributed by atoms with Gasteiger partial charge in [0.15, 0.2) is 0 Å². The van der Waals surface area contributed by atoms with E-state index in [2.05, 4.69) is 59.3 Å². The highest BCUT2D eigenvalue weighted by Gasteiger charge is 2.12. The Morgan fingerprint density at radius 2 is 1.59 bits per heavy atom. The van der Waals surface area contributed by atoms with Gasteiger partial charge in [-0.2, -0.15) is 0 Å². The van der Waals surface area contributed by atoms with Crippen LogP contribution in [0.1, 0.15) is 6.42 Å². The Morgan fingerprint density at radius 1 is 0.963 bits per heavy atom. The second kappa shape index (κ2) is 10.5. The average Bonchev–Trinajstić information content (AvgIpc) is 2.67. The molecular weight excluding hydrogens is 348 g/mol. The number of piperazine rings is 1. The number of carboxylic acids is 2. The first-order valence-electron chi connectivity index (χ1n) is 8.95. The fourth-order valence-corrected chi connectivity index (χ4v) is 2.86. The van der Waals surface area contributed by atoms with Crippen molar-refractivity contribution in [3.63, 3.8) is 0 Å². The van der Waals surface area contributed by atoms with E-state index in [0.717, 1.165) is 25.3 Å². The first kappa shape index (κ1) is 20.7. The first-order valence-corrected chi connectivity index (χ1v) is 8.95. The van der Waals surface area contributed by atoms with Gasteiger partial charge in [0.25, 0.3) is 0 Å². The SMILES string of the molecule is CN1CCN(CCCOc2cccc3ccccc23)CC1.O=C(O)C(=O)O. The van der Waals surface area contributed by atoms with Crippen molar-refractivity contribution in [3.05, 3.63) is 42.5 Å². The lowest BCUT2D eigenvalue weighted by atomic mass is 10.1. The van der Waals surface area contributed by atoms with E-state index in [4.69, 9.17) is 24.5 Å². The highest BCUT2D eigenvalue weighted by Crippen LogP contribution is 2.25. The Balaban J connectivity index is 0.000000380. The van der Waals surface area contributed by atoms with E-state index >= 15 is 0 Å². The number of benzene rings is 2. The lowest BCUT2D eigenvalue weighted by Gasteiger charge is -2.32. The number of nitrogens with zero attached hydrogens (tertiary/aromatic N) is 2. The molecule has 0 saturated carbocycles. The molecule has 2 aromatic rings. The number of rotatable bonds is 5. The molecule has 0 aliphatic carbocycles. The third-order valence-corrected chi connectivity index (χ3v) is 4.40. The number of ether oxygens (including phenoxy) is 1. The number of likely N-dealkylation sites (N-methyl/N-ethyl adjacent to an activating group) is 1. The Kier molecular flexibility index (Phi) is 8.03. The summed E-state index contributed by atoms with van der Waals surface area (Å²) in [6, 6.07) is 14.7. The molecule has 0 amide bonds. The molecule has 2 N–H and O–H groups in total. The second-order valence-electron chi connectivity index (χ2n) is 6.43. The minimum Gasteiger partial charge on any atom is -0.493 e. The Morgan fingerprint density at radius 3 is 2.26 bits per heavy atom. The van der Waals surface area contributed by atoms with E-state index in [9.17, 15) is 0 Å². The van der Waals surface area contributed by atoms with Crippen molar-refractivity contribution in [3.8, 4) is 5.75 Å². The summed E-state index contributed by atoms with van der Waals surface area (Å²) in [6.45, 7) is 6.67. The molecule has 146 valence electrons. The maximum atomic E-state index is 9.10. The van der Waals surface area contributed by atoms with Gasteiger partial charge in [-0.1, -0.05) is 36.4 Å². The maximum Gasteiger partial charge on any atom is 0.414 e. The third-order valence-electron chi connectivity index (χ3n) is 4.40. The zero-order valence-electron chi connectivity index (χ0n) is 15.5. The number of fused-ring (bicyclic) bond motifs is 1. The van der Waals surface area contributed by atoms with Crippen molar-refractivity contribution >= 4 is 22.7 Å². The summed E-state index contributed by atoms with van der Waals surface area (Å²) in [6.07, 6.45) is 1.09. The van der Waals surface area contributed by atoms with Gasteiger partial charge in [-0.3, -0.25) is 0 Å². The molecule has 1 saturated heterocycles. The maximum absolute atomic E-state index is 9.10. The first-order chi connectivity index (χ1) is 13.0. The van der Waals surface area contributed by atoms with Gasteiger partial charge >= 0.3 is 11.9 Å². The summed E-state index contributed by atoms with van der Waals surface area (Å²) in [5, 5.41) is 17.2. The van der Waals surface area contributed by atoms with E-state index in [-0.39, 0.29) is 0 Å². The molecule has 7 nitrogen and oxygen atoms in total. The summed E-state index contributed by atoms with van der Waals surface area (Å²) in [7, 11) is 2.20. The highest BCUT2D eigenvalue weighted by molar-refractivity contribution is 6.27. The molecule has 7 heteroatoms. The predicted molar refractivity (Wildman–Crippen MR) is 103 cm³/mol. The zero-order chi connectivity index (χ0) is 19.6. The van der Waals surface area contributed by atoms with E-state index < -0.39 is 11.9 Å². The molecule has 27 heavy (non-hydrogen) atoms. The molecular formula is C20H26N2O5. The van der Waals surface area contributed by atoms with E-state index in [1.807, 2.05) is 0 Å². The van der Waals surface area contributed by atoms with Crippen LogP contribution in [0.4, 0.5) is 0 Å². The van der Waals surface area contributed by atoms with E-state index in [1.54, 1.807) is 0 Å². The molecule has 1 aliphatic rings. The topological polar surface area (TPSA) is 90.3 Å². The van der Waals surface area contributed by atoms with Gasteiger partial charge in [0.1, 0.15) is 5.75 Å². The summed E-state index contributed by atoms with van der Waals surface area (Å²) < 4.78 is 5.99. The molecule has 2 aromatic carbocycles. The molecule has 1 aliphatic heterocycles. The smallest absolute Gasteiger partial charge is 0.414 e. The Hall–Kier alpha value is -2.64. The molecule has 0 atom stereocenters. The standard InChI is InChI=1S/C18H24N2O.C2H2O4/c1-19-11-13-20(14-12-19)10-5-15-21-18-9-4-7-16-6-2-3-8-17(16)18;3-1(4)2(5)6/h2-4,6-9H,5,10-15H2,1H3;(H,3,4)(H,5,6). The van der Waals surface area contributed by atoms with Crippen LogP contribution in [-0.4, -0.2) is 78.3 Å². The van der Waals surface area contributed by atoms with Crippen LogP contribution in [0.5, 0.6) is 5.75 Å². The average molecular weight is 374 g/mol. The number of carboxylic acid groups (broad SMARTS) is 2. The number of hydrogen-bond acceptors (Lipinski definition) is 5.